The largest absolute Gasteiger partial charge is 0.481 e. The van der Waals surface area contributed by atoms with Crippen molar-refractivity contribution in [2.24, 2.45) is 5.92 Å². The predicted molar refractivity (Wildman–Crippen MR) is 114 cm³/mol. The van der Waals surface area contributed by atoms with Crippen molar-refractivity contribution in [3.63, 3.8) is 0 Å². The second kappa shape index (κ2) is 8.52. The minimum absolute atomic E-state index is 0.369. The van der Waals surface area contributed by atoms with E-state index >= 15 is 0 Å². The Morgan fingerprint density at radius 1 is 1.07 bits per heavy atom. The summed E-state index contributed by atoms with van der Waals surface area (Å²) in [7, 11) is 1.69. The SMILES string of the molecule is COc1cccc(CN2CCC(N3CC(OCC4CC4)C34CCCCC4)CC2)n1. The van der Waals surface area contributed by atoms with Gasteiger partial charge >= 0.3 is 0 Å². The molecule has 5 rings (SSSR count). The molecule has 3 heterocycles. The summed E-state index contributed by atoms with van der Waals surface area (Å²) < 4.78 is 11.7. The Morgan fingerprint density at radius 2 is 1.86 bits per heavy atom. The van der Waals surface area contributed by atoms with Gasteiger partial charge in [-0.15, -0.1) is 0 Å². The van der Waals surface area contributed by atoms with E-state index in [1.165, 1.54) is 77.4 Å². The summed E-state index contributed by atoms with van der Waals surface area (Å²) in [6, 6.07) is 6.82. The molecular weight excluding hydrogens is 362 g/mol. The van der Waals surface area contributed by atoms with Crippen molar-refractivity contribution in [2.45, 2.75) is 82.0 Å². The first-order chi connectivity index (χ1) is 14.3. The molecule has 0 aromatic carbocycles. The van der Waals surface area contributed by atoms with E-state index in [0.717, 1.165) is 36.7 Å². The summed E-state index contributed by atoms with van der Waals surface area (Å²) in [6.45, 7) is 5.47. The number of methoxy groups -OCH3 is 1. The molecule has 0 N–H and O–H groups in total. The molecule has 1 unspecified atom stereocenters. The fourth-order valence-corrected chi connectivity index (χ4v) is 5.91. The Kier molecular flexibility index (Phi) is 5.81. The summed E-state index contributed by atoms with van der Waals surface area (Å²) in [5.41, 5.74) is 1.48. The Hall–Kier alpha value is -1.17. The second-order valence-corrected chi connectivity index (χ2v) is 9.76. The highest BCUT2D eigenvalue weighted by molar-refractivity contribution is 5.16. The molecule has 1 atom stereocenters. The fourth-order valence-electron chi connectivity index (χ4n) is 5.91. The maximum atomic E-state index is 6.47. The smallest absolute Gasteiger partial charge is 0.213 e. The Morgan fingerprint density at radius 3 is 2.59 bits per heavy atom. The molecule has 0 radical (unpaired) electrons. The van der Waals surface area contributed by atoms with Gasteiger partial charge in [-0.1, -0.05) is 25.3 Å². The van der Waals surface area contributed by atoms with Gasteiger partial charge in [0.15, 0.2) is 0 Å². The summed E-state index contributed by atoms with van der Waals surface area (Å²) in [5, 5.41) is 0. The zero-order chi connectivity index (χ0) is 19.7. The molecule has 2 aliphatic carbocycles. The monoisotopic (exact) mass is 399 g/mol. The van der Waals surface area contributed by atoms with Crippen LogP contribution in [0, 0.1) is 5.92 Å². The van der Waals surface area contributed by atoms with Gasteiger partial charge in [0.1, 0.15) is 0 Å². The Balaban J connectivity index is 1.16. The van der Waals surface area contributed by atoms with Crippen LogP contribution in [0.3, 0.4) is 0 Å². The maximum absolute atomic E-state index is 6.47. The molecular formula is C24H37N3O2. The highest BCUT2D eigenvalue weighted by atomic mass is 16.5. The van der Waals surface area contributed by atoms with Crippen LogP contribution in [0.4, 0.5) is 0 Å². The predicted octanol–water partition coefficient (Wildman–Crippen LogP) is 3.87. The summed E-state index contributed by atoms with van der Waals surface area (Å²) in [5.74, 6) is 1.59. The molecule has 0 amide bonds. The number of nitrogens with zero attached hydrogens (tertiary/aromatic N) is 3. The molecule has 1 aromatic rings. The van der Waals surface area contributed by atoms with Crippen LogP contribution in [0.2, 0.25) is 0 Å². The van der Waals surface area contributed by atoms with Crippen LogP contribution in [-0.2, 0) is 11.3 Å². The first-order valence-corrected chi connectivity index (χ1v) is 11.9. The number of aromatic nitrogens is 1. The van der Waals surface area contributed by atoms with Gasteiger partial charge in [0.2, 0.25) is 5.88 Å². The molecule has 0 bridgehead atoms. The molecule has 2 saturated heterocycles. The normalized spacial score (nSPS) is 28.4. The molecule has 4 aliphatic rings. The molecule has 1 aromatic heterocycles. The van der Waals surface area contributed by atoms with Gasteiger partial charge in [0, 0.05) is 50.4 Å². The van der Waals surface area contributed by atoms with E-state index < -0.39 is 0 Å². The molecule has 160 valence electrons. The number of piperidine rings is 1. The van der Waals surface area contributed by atoms with Gasteiger partial charge in [-0.25, -0.2) is 4.98 Å². The number of hydrogen-bond donors (Lipinski definition) is 0. The summed E-state index contributed by atoms with van der Waals surface area (Å²) in [4.78, 5) is 10.0. The van der Waals surface area contributed by atoms with Crippen molar-refractivity contribution >= 4 is 0 Å². The van der Waals surface area contributed by atoms with Gasteiger partial charge in [0.25, 0.3) is 0 Å². The molecule has 29 heavy (non-hydrogen) atoms. The first-order valence-electron chi connectivity index (χ1n) is 11.9. The van der Waals surface area contributed by atoms with E-state index in [1.807, 2.05) is 12.1 Å². The molecule has 4 fully saturated rings. The van der Waals surface area contributed by atoms with E-state index in [4.69, 9.17) is 9.47 Å². The van der Waals surface area contributed by atoms with Gasteiger partial charge in [-0.05, 0) is 50.5 Å². The quantitative estimate of drug-likeness (QED) is 0.696. The number of hydrogen-bond acceptors (Lipinski definition) is 5. The van der Waals surface area contributed by atoms with Crippen LogP contribution < -0.4 is 4.74 Å². The van der Waals surface area contributed by atoms with Crippen LogP contribution in [0.1, 0.15) is 63.5 Å². The lowest BCUT2D eigenvalue weighted by Gasteiger charge is -2.63. The maximum Gasteiger partial charge on any atom is 0.213 e. The Bertz CT molecular complexity index is 678. The molecule has 2 saturated carbocycles. The van der Waals surface area contributed by atoms with Gasteiger partial charge in [0.05, 0.1) is 18.9 Å². The van der Waals surface area contributed by atoms with Crippen molar-refractivity contribution < 1.29 is 9.47 Å². The zero-order valence-corrected chi connectivity index (χ0v) is 18.0. The van der Waals surface area contributed by atoms with E-state index in [0.29, 0.717) is 11.6 Å². The summed E-state index contributed by atoms with van der Waals surface area (Å²) >= 11 is 0. The van der Waals surface area contributed by atoms with Crippen LogP contribution in [0.15, 0.2) is 18.2 Å². The third-order valence-corrected chi connectivity index (χ3v) is 7.86. The third kappa shape index (κ3) is 4.19. The van der Waals surface area contributed by atoms with Crippen molar-refractivity contribution in [1.29, 1.82) is 0 Å². The van der Waals surface area contributed by atoms with Gasteiger partial charge in [-0.3, -0.25) is 9.80 Å². The number of likely N-dealkylation sites (tertiary alicyclic amines) is 2. The average molecular weight is 400 g/mol. The lowest BCUT2D eigenvalue weighted by atomic mass is 9.69. The van der Waals surface area contributed by atoms with E-state index in [-0.39, 0.29) is 0 Å². The van der Waals surface area contributed by atoms with E-state index in [2.05, 4.69) is 20.9 Å². The standard InChI is InChI=1S/C24H37N3O2/c1-28-23-7-5-6-20(25-23)16-26-14-10-21(11-15-26)27-17-22(29-18-19-8-9-19)24(27)12-3-2-4-13-24/h5-7,19,21-22H,2-4,8-18H2,1H3. The van der Waals surface area contributed by atoms with Gasteiger partial charge in [-0.2, -0.15) is 0 Å². The Labute approximate surface area is 175 Å². The average Bonchev–Trinajstić information content (AvgIpc) is 3.59. The zero-order valence-electron chi connectivity index (χ0n) is 18.0. The van der Waals surface area contributed by atoms with Crippen LogP contribution >= 0.6 is 0 Å². The first kappa shape index (κ1) is 19.8. The van der Waals surface area contributed by atoms with Crippen molar-refractivity contribution in [3.8, 4) is 5.88 Å². The number of ether oxygens (including phenoxy) is 2. The van der Waals surface area contributed by atoms with E-state index in [1.54, 1.807) is 7.11 Å². The highest BCUT2D eigenvalue weighted by Crippen LogP contribution is 2.48. The lowest BCUT2D eigenvalue weighted by molar-refractivity contribution is -0.203. The lowest BCUT2D eigenvalue weighted by Crippen LogP contribution is -2.75. The fraction of sp³-hybridized carbons (Fsp3) is 0.792. The van der Waals surface area contributed by atoms with Crippen molar-refractivity contribution in [2.75, 3.05) is 33.4 Å². The van der Waals surface area contributed by atoms with Gasteiger partial charge < -0.3 is 9.47 Å². The van der Waals surface area contributed by atoms with E-state index in [9.17, 15) is 0 Å². The number of pyridine rings is 1. The third-order valence-electron chi connectivity index (χ3n) is 7.86. The minimum Gasteiger partial charge on any atom is -0.481 e. The molecule has 5 nitrogen and oxygen atoms in total. The molecule has 2 aliphatic heterocycles. The van der Waals surface area contributed by atoms with Crippen LogP contribution in [0.5, 0.6) is 5.88 Å². The highest BCUT2D eigenvalue weighted by Gasteiger charge is 2.56. The molecule has 1 spiro atoms. The number of rotatable bonds is 7. The molecule has 5 heteroatoms. The topological polar surface area (TPSA) is 37.8 Å². The van der Waals surface area contributed by atoms with Crippen molar-refractivity contribution in [3.05, 3.63) is 23.9 Å². The van der Waals surface area contributed by atoms with Crippen molar-refractivity contribution in [1.82, 2.24) is 14.8 Å². The summed E-state index contributed by atoms with van der Waals surface area (Å²) in [6.07, 6.45) is 12.8. The minimum atomic E-state index is 0.369. The van der Waals surface area contributed by atoms with Crippen LogP contribution in [-0.4, -0.2) is 65.8 Å². The van der Waals surface area contributed by atoms with Crippen LogP contribution in [0.25, 0.3) is 0 Å². The second-order valence-electron chi connectivity index (χ2n) is 9.76.